The Balaban J connectivity index is 0.000000501. The molecule has 2 aliphatic heterocycles. The number of hydrogen-bond acceptors (Lipinski definition) is 7. The second kappa shape index (κ2) is 16.0. The van der Waals surface area contributed by atoms with Crippen LogP contribution in [0.25, 0.3) is 0 Å². The fraction of sp³-hybridized carbons (Fsp3) is 0.400. The lowest BCUT2D eigenvalue weighted by molar-refractivity contribution is -0.109. The molecule has 1 amide bonds. The quantitative estimate of drug-likeness (QED) is 0.235. The van der Waals surface area contributed by atoms with Crippen LogP contribution in [0.5, 0.6) is 0 Å². The molecule has 1 aromatic heterocycles. The minimum absolute atomic E-state index is 0.00198. The van der Waals surface area contributed by atoms with Crippen LogP contribution in [0.4, 0.5) is 4.39 Å². The molecule has 1 fully saturated rings. The van der Waals surface area contributed by atoms with E-state index in [-0.39, 0.29) is 17.4 Å². The Labute approximate surface area is 265 Å². The summed E-state index contributed by atoms with van der Waals surface area (Å²) in [4.78, 5) is 32.8. The summed E-state index contributed by atoms with van der Waals surface area (Å²) in [6.45, 7) is 11.5. The van der Waals surface area contributed by atoms with Gasteiger partial charge in [0.1, 0.15) is 11.6 Å². The molecule has 1 atom stereocenters. The number of halogens is 1. The highest BCUT2D eigenvalue weighted by molar-refractivity contribution is 6.14. The molecule has 238 valence electrons. The van der Waals surface area contributed by atoms with E-state index in [1.165, 1.54) is 23.3 Å². The highest BCUT2D eigenvalue weighted by Crippen LogP contribution is 2.34. The third-order valence-corrected chi connectivity index (χ3v) is 8.15. The first-order valence-corrected chi connectivity index (χ1v) is 15.4. The molecule has 0 spiro atoms. The topological polar surface area (TPSA) is 95.2 Å². The third kappa shape index (κ3) is 9.52. The van der Waals surface area contributed by atoms with Gasteiger partial charge in [-0.25, -0.2) is 9.37 Å². The van der Waals surface area contributed by atoms with Crippen molar-refractivity contribution in [2.45, 2.75) is 52.0 Å². The SMILES string of the molecule is C=C(CCN(C)CCNC=O)N1CCCC1c1nc(C2=NN=C(Cc3ccc(C)cc3)C2)cc(=O)n1C.Cc1ccc(F)cc1. The van der Waals surface area contributed by atoms with Crippen LogP contribution in [-0.4, -0.2) is 70.4 Å². The van der Waals surface area contributed by atoms with E-state index in [1.807, 2.05) is 14.0 Å². The van der Waals surface area contributed by atoms with Crippen molar-refractivity contribution in [2.75, 3.05) is 33.2 Å². The van der Waals surface area contributed by atoms with Crippen LogP contribution < -0.4 is 10.9 Å². The fourth-order valence-corrected chi connectivity index (χ4v) is 5.42. The van der Waals surface area contributed by atoms with E-state index in [0.29, 0.717) is 18.7 Å². The van der Waals surface area contributed by atoms with Crippen LogP contribution in [0.1, 0.15) is 59.9 Å². The minimum Gasteiger partial charge on any atom is -0.365 e. The lowest BCUT2D eigenvalue weighted by Gasteiger charge is -2.30. The second-order valence-electron chi connectivity index (χ2n) is 11.8. The highest BCUT2D eigenvalue weighted by atomic mass is 19.1. The van der Waals surface area contributed by atoms with Crippen LogP contribution in [-0.2, 0) is 18.3 Å². The number of nitrogens with zero attached hydrogens (tertiary/aromatic N) is 6. The molecule has 2 aliphatic rings. The average molecular weight is 614 g/mol. The number of aryl methyl sites for hydroxylation is 2. The Bertz CT molecular complexity index is 1560. The molecule has 0 aliphatic carbocycles. The van der Waals surface area contributed by atoms with Gasteiger partial charge in [-0.1, -0.05) is 54.1 Å². The Kier molecular flexibility index (Phi) is 11.9. The van der Waals surface area contributed by atoms with Crippen molar-refractivity contribution in [3.05, 3.63) is 111 Å². The van der Waals surface area contributed by atoms with Crippen molar-refractivity contribution in [1.82, 2.24) is 24.7 Å². The molecule has 1 saturated heterocycles. The van der Waals surface area contributed by atoms with E-state index >= 15 is 0 Å². The van der Waals surface area contributed by atoms with Gasteiger partial charge in [-0.2, -0.15) is 10.2 Å². The van der Waals surface area contributed by atoms with Crippen molar-refractivity contribution in [3.63, 3.8) is 0 Å². The van der Waals surface area contributed by atoms with Gasteiger partial charge >= 0.3 is 0 Å². The summed E-state index contributed by atoms with van der Waals surface area (Å²) in [6.07, 6.45) is 4.81. The maximum absolute atomic E-state index is 12.9. The first-order chi connectivity index (χ1) is 21.6. The van der Waals surface area contributed by atoms with E-state index in [2.05, 4.69) is 63.1 Å². The van der Waals surface area contributed by atoms with Crippen LogP contribution in [0.3, 0.4) is 0 Å². The van der Waals surface area contributed by atoms with Gasteiger partial charge in [0.05, 0.1) is 23.2 Å². The second-order valence-corrected chi connectivity index (χ2v) is 11.8. The normalized spacial score (nSPS) is 15.8. The largest absolute Gasteiger partial charge is 0.365 e. The molecule has 3 heterocycles. The molecule has 3 aromatic rings. The van der Waals surface area contributed by atoms with Crippen LogP contribution in [0, 0.1) is 19.7 Å². The molecule has 0 radical (unpaired) electrons. The summed E-state index contributed by atoms with van der Waals surface area (Å²) in [7, 11) is 3.82. The van der Waals surface area contributed by atoms with Crippen molar-refractivity contribution < 1.29 is 9.18 Å². The number of carbonyl (C=O) groups is 1. The van der Waals surface area contributed by atoms with Gasteiger partial charge in [0.25, 0.3) is 5.56 Å². The summed E-state index contributed by atoms with van der Waals surface area (Å²) in [5.74, 6) is 0.579. The zero-order valence-electron chi connectivity index (χ0n) is 26.8. The first-order valence-electron chi connectivity index (χ1n) is 15.4. The average Bonchev–Trinajstić information content (AvgIpc) is 3.71. The maximum Gasteiger partial charge on any atom is 0.253 e. The van der Waals surface area contributed by atoms with Gasteiger partial charge in [-0.3, -0.25) is 14.2 Å². The number of benzene rings is 2. The van der Waals surface area contributed by atoms with Crippen LogP contribution >= 0.6 is 0 Å². The third-order valence-electron chi connectivity index (χ3n) is 8.15. The first kappa shape index (κ1) is 33.5. The van der Waals surface area contributed by atoms with Gasteiger partial charge in [-0.05, 0) is 57.9 Å². The number of carbonyl (C=O) groups excluding carboxylic acids is 1. The minimum atomic E-state index is -0.171. The molecule has 5 rings (SSSR count). The van der Waals surface area contributed by atoms with Gasteiger partial charge in [0.15, 0.2) is 0 Å². The Morgan fingerprint density at radius 2 is 1.78 bits per heavy atom. The summed E-state index contributed by atoms with van der Waals surface area (Å²) < 4.78 is 13.7. The number of likely N-dealkylation sites (N-methyl/N-ethyl adjacent to an activating group) is 1. The molecule has 2 aromatic carbocycles. The number of rotatable bonds is 12. The summed E-state index contributed by atoms with van der Waals surface area (Å²) in [5, 5.41) is 11.5. The van der Waals surface area contributed by atoms with Crippen molar-refractivity contribution in [2.24, 2.45) is 17.3 Å². The van der Waals surface area contributed by atoms with Crippen molar-refractivity contribution in [1.29, 1.82) is 0 Å². The number of nitrogens with one attached hydrogen (secondary N) is 1. The number of hydrogen-bond donors (Lipinski definition) is 1. The van der Waals surface area contributed by atoms with Gasteiger partial charge < -0.3 is 15.1 Å². The van der Waals surface area contributed by atoms with E-state index in [9.17, 15) is 14.0 Å². The number of aromatic nitrogens is 2. The molecule has 45 heavy (non-hydrogen) atoms. The maximum atomic E-state index is 12.9. The lowest BCUT2D eigenvalue weighted by atomic mass is 10.0. The van der Waals surface area contributed by atoms with Gasteiger partial charge in [0.2, 0.25) is 6.41 Å². The molecule has 1 N–H and O–H groups in total. The van der Waals surface area contributed by atoms with Crippen molar-refractivity contribution in [3.8, 4) is 0 Å². The van der Waals surface area contributed by atoms with Gasteiger partial charge in [0, 0.05) is 57.8 Å². The Hall–Kier alpha value is -4.44. The summed E-state index contributed by atoms with van der Waals surface area (Å²) in [6, 6.07) is 16.4. The molecular weight excluding hydrogens is 569 g/mol. The smallest absolute Gasteiger partial charge is 0.253 e. The Morgan fingerprint density at radius 1 is 1.09 bits per heavy atom. The lowest BCUT2D eigenvalue weighted by Crippen LogP contribution is -2.33. The standard InChI is InChI=1S/C28H37N7O2.C7H7F/c1-20-7-9-22(10-8-20)16-23-17-25(32-31-23)24-18-27(37)34(4)28(30-24)26-6-5-13-35(26)21(2)11-14-33(3)15-12-29-19-36;1-6-2-4-7(8)5-3-6/h7-10,18-19,26H,2,5-6,11-17H2,1,3-4H3,(H,29,36);2-5H,1H3. The molecule has 0 saturated carbocycles. The van der Waals surface area contributed by atoms with E-state index in [1.54, 1.807) is 29.8 Å². The number of amides is 1. The molecule has 0 bridgehead atoms. The summed E-state index contributed by atoms with van der Waals surface area (Å²) in [5.41, 5.74) is 6.81. The summed E-state index contributed by atoms with van der Waals surface area (Å²) >= 11 is 0. The monoisotopic (exact) mass is 613 g/mol. The van der Waals surface area contributed by atoms with E-state index in [4.69, 9.17) is 4.98 Å². The zero-order valence-corrected chi connectivity index (χ0v) is 26.8. The molecule has 10 heteroatoms. The number of likely N-dealkylation sites (tertiary alicyclic amines) is 1. The predicted molar refractivity (Wildman–Crippen MR) is 178 cm³/mol. The van der Waals surface area contributed by atoms with E-state index in [0.717, 1.165) is 80.2 Å². The molecule has 9 nitrogen and oxygen atoms in total. The predicted octanol–water partition coefficient (Wildman–Crippen LogP) is 4.73. The van der Waals surface area contributed by atoms with Crippen LogP contribution in [0.2, 0.25) is 0 Å². The van der Waals surface area contributed by atoms with Crippen molar-refractivity contribution >= 4 is 17.8 Å². The van der Waals surface area contributed by atoms with Gasteiger partial charge in [-0.15, -0.1) is 0 Å². The molecule has 1 unspecified atom stereocenters. The zero-order chi connectivity index (χ0) is 32.3. The van der Waals surface area contributed by atoms with Crippen LogP contribution in [0.15, 0.2) is 81.9 Å². The molecular formula is C35H44FN7O2. The Morgan fingerprint density at radius 3 is 2.44 bits per heavy atom. The van der Waals surface area contributed by atoms with E-state index < -0.39 is 0 Å². The highest BCUT2D eigenvalue weighted by Gasteiger charge is 2.31. The fourth-order valence-electron chi connectivity index (χ4n) is 5.42.